The summed E-state index contributed by atoms with van der Waals surface area (Å²) in [5, 5.41) is 3.33. The summed E-state index contributed by atoms with van der Waals surface area (Å²) in [6, 6.07) is 0.453. The molecule has 0 aliphatic carbocycles. The third-order valence-electron chi connectivity index (χ3n) is 4.01. The van der Waals surface area contributed by atoms with Crippen LogP contribution in [-0.2, 0) is 4.79 Å². The summed E-state index contributed by atoms with van der Waals surface area (Å²) in [5.74, 6) is 0.987. The molecule has 0 aromatic rings. The Kier molecular flexibility index (Phi) is 2.75. The van der Waals surface area contributed by atoms with Crippen molar-refractivity contribution < 1.29 is 4.79 Å². The van der Waals surface area contributed by atoms with Gasteiger partial charge in [0, 0.05) is 12.6 Å². The molecule has 15 heavy (non-hydrogen) atoms. The standard InChI is InChI=1S/C12H22N2O/c1-9(2)8-14-10(3)12(11(14)15)4-6-13-7-5-12/h9-10,13H,4-8H2,1-3H3. The van der Waals surface area contributed by atoms with Crippen LogP contribution in [-0.4, -0.2) is 36.5 Å². The molecule has 2 saturated heterocycles. The number of β-lactam (4-membered cyclic amide) rings is 1. The van der Waals surface area contributed by atoms with Crippen molar-refractivity contribution in [3.05, 3.63) is 0 Å². The van der Waals surface area contributed by atoms with E-state index in [1.807, 2.05) is 0 Å². The number of rotatable bonds is 2. The molecule has 2 aliphatic heterocycles. The normalized spacial score (nSPS) is 29.7. The van der Waals surface area contributed by atoms with Gasteiger partial charge in [-0.1, -0.05) is 13.8 Å². The predicted molar refractivity (Wildman–Crippen MR) is 60.5 cm³/mol. The van der Waals surface area contributed by atoms with Gasteiger partial charge in [-0.3, -0.25) is 4.79 Å². The smallest absolute Gasteiger partial charge is 0.231 e. The number of hydrogen-bond donors (Lipinski definition) is 1. The van der Waals surface area contributed by atoms with Gasteiger partial charge in [0.05, 0.1) is 5.41 Å². The first kappa shape index (κ1) is 10.9. The van der Waals surface area contributed by atoms with Crippen LogP contribution in [0.25, 0.3) is 0 Å². The Morgan fingerprint density at radius 2 is 2.07 bits per heavy atom. The lowest BCUT2D eigenvalue weighted by atomic mass is 9.65. The van der Waals surface area contributed by atoms with Crippen molar-refractivity contribution >= 4 is 5.91 Å². The molecule has 1 spiro atoms. The average Bonchev–Trinajstić information content (AvgIpc) is 2.25. The monoisotopic (exact) mass is 210 g/mol. The van der Waals surface area contributed by atoms with Gasteiger partial charge in [0.1, 0.15) is 0 Å². The molecule has 2 aliphatic rings. The largest absolute Gasteiger partial charge is 0.338 e. The van der Waals surface area contributed by atoms with Crippen molar-refractivity contribution in [3.8, 4) is 0 Å². The van der Waals surface area contributed by atoms with Gasteiger partial charge in [0.15, 0.2) is 0 Å². The summed E-state index contributed by atoms with van der Waals surface area (Å²) in [4.78, 5) is 14.2. The molecule has 1 atom stereocenters. The van der Waals surface area contributed by atoms with Gasteiger partial charge in [-0.25, -0.2) is 0 Å². The molecule has 1 unspecified atom stereocenters. The predicted octanol–water partition coefficient (Wildman–Crippen LogP) is 1.24. The maximum Gasteiger partial charge on any atom is 0.231 e. The minimum atomic E-state index is 0.000139. The quantitative estimate of drug-likeness (QED) is 0.696. The van der Waals surface area contributed by atoms with Gasteiger partial charge in [-0.05, 0) is 38.8 Å². The number of piperidine rings is 1. The molecule has 3 nitrogen and oxygen atoms in total. The molecule has 0 aromatic carbocycles. The van der Waals surface area contributed by atoms with Crippen molar-refractivity contribution in [2.24, 2.45) is 11.3 Å². The van der Waals surface area contributed by atoms with Crippen molar-refractivity contribution in [3.63, 3.8) is 0 Å². The zero-order chi connectivity index (χ0) is 11.1. The summed E-state index contributed by atoms with van der Waals surface area (Å²) >= 11 is 0. The van der Waals surface area contributed by atoms with E-state index in [2.05, 4.69) is 31.0 Å². The van der Waals surface area contributed by atoms with E-state index in [0.717, 1.165) is 32.5 Å². The van der Waals surface area contributed by atoms with Crippen LogP contribution in [0.2, 0.25) is 0 Å². The van der Waals surface area contributed by atoms with Crippen molar-refractivity contribution in [2.75, 3.05) is 19.6 Å². The van der Waals surface area contributed by atoms with E-state index in [0.29, 0.717) is 17.9 Å². The lowest BCUT2D eigenvalue weighted by Crippen LogP contribution is -2.70. The lowest BCUT2D eigenvalue weighted by molar-refractivity contribution is -0.175. The molecule has 3 heteroatoms. The second kappa shape index (κ2) is 3.78. The summed E-state index contributed by atoms with van der Waals surface area (Å²) in [7, 11) is 0. The van der Waals surface area contributed by atoms with Gasteiger partial charge < -0.3 is 10.2 Å². The van der Waals surface area contributed by atoms with Crippen LogP contribution < -0.4 is 5.32 Å². The zero-order valence-electron chi connectivity index (χ0n) is 10.0. The summed E-state index contributed by atoms with van der Waals surface area (Å²) in [6.07, 6.45) is 2.06. The first-order valence-electron chi connectivity index (χ1n) is 6.10. The van der Waals surface area contributed by atoms with Gasteiger partial charge in [-0.2, -0.15) is 0 Å². The van der Waals surface area contributed by atoms with E-state index < -0.39 is 0 Å². The summed E-state index contributed by atoms with van der Waals surface area (Å²) < 4.78 is 0. The third-order valence-corrected chi connectivity index (χ3v) is 4.01. The molecular weight excluding hydrogens is 188 g/mol. The number of nitrogens with one attached hydrogen (secondary N) is 1. The van der Waals surface area contributed by atoms with E-state index in [-0.39, 0.29) is 5.41 Å². The fourth-order valence-corrected chi connectivity index (χ4v) is 3.01. The average molecular weight is 210 g/mol. The van der Waals surface area contributed by atoms with Crippen molar-refractivity contribution in [2.45, 2.75) is 39.7 Å². The Bertz CT molecular complexity index is 256. The van der Waals surface area contributed by atoms with Crippen molar-refractivity contribution in [1.29, 1.82) is 0 Å². The van der Waals surface area contributed by atoms with Gasteiger partial charge in [0.2, 0.25) is 5.91 Å². The molecular formula is C12H22N2O. The molecule has 1 N–H and O–H groups in total. The second-order valence-electron chi connectivity index (χ2n) is 5.43. The maximum atomic E-state index is 12.2. The molecule has 0 saturated carbocycles. The van der Waals surface area contributed by atoms with Crippen LogP contribution in [0.5, 0.6) is 0 Å². The number of nitrogens with zero attached hydrogens (tertiary/aromatic N) is 1. The van der Waals surface area contributed by atoms with Crippen LogP contribution in [0.1, 0.15) is 33.6 Å². The topological polar surface area (TPSA) is 32.3 Å². The fraction of sp³-hybridized carbons (Fsp3) is 0.917. The third kappa shape index (κ3) is 1.57. The van der Waals surface area contributed by atoms with Gasteiger partial charge >= 0.3 is 0 Å². The van der Waals surface area contributed by atoms with Crippen LogP contribution in [0.4, 0.5) is 0 Å². The van der Waals surface area contributed by atoms with E-state index in [1.165, 1.54) is 0 Å². The SMILES string of the molecule is CC(C)CN1C(=O)C2(CCNCC2)C1C. The zero-order valence-corrected chi connectivity index (χ0v) is 10.0. The number of carbonyl (C=O) groups excluding carboxylic acids is 1. The summed E-state index contributed by atoms with van der Waals surface area (Å²) in [5.41, 5.74) is 0.000139. The lowest BCUT2D eigenvalue weighted by Gasteiger charge is -2.57. The van der Waals surface area contributed by atoms with Crippen LogP contribution >= 0.6 is 0 Å². The van der Waals surface area contributed by atoms with E-state index in [1.54, 1.807) is 0 Å². The van der Waals surface area contributed by atoms with Gasteiger partial charge in [0.25, 0.3) is 0 Å². The van der Waals surface area contributed by atoms with Gasteiger partial charge in [-0.15, -0.1) is 0 Å². The highest BCUT2D eigenvalue weighted by molar-refractivity contribution is 5.90. The van der Waals surface area contributed by atoms with E-state index >= 15 is 0 Å². The first-order chi connectivity index (χ1) is 7.08. The summed E-state index contributed by atoms with van der Waals surface area (Å²) in [6.45, 7) is 9.50. The molecule has 2 fully saturated rings. The Balaban J connectivity index is 2.03. The Morgan fingerprint density at radius 1 is 1.47 bits per heavy atom. The number of amides is 1. The molecule has 2 rings (SSSR count). The molecule has 0 aromatic heterocycles. The van der Waals surface area contributed by atoms with E-state index in [4.69, 9.17) is 0 Å². The highest BCUT2D eigenvalue weighted by Gasteiger charge is 2.57. The second-order valence-corrected chi connectivity index (χ2v) is 5.43. The fourth-order valence-electron chi connectivity index (χ4n) is 3.01. The number of carbonyl (C=O) groups is 1. The first-order valence-corrected chi connectivity index (χ1v) is 6.10. The van der Waals surface area contributed by atoms with Crippen LogP contribution in [0.3, 0.4) is 0 Å². The maximum absolute atomic E-state index is 12.2. The molecule has 0 radical (unpaired) electrons. The highest BCUT2D eigenvalue weighted by atomic mass is 16.2. The number of likely N-dealkylation sites (tertiary alicyclic amines) is 1. The molecule has 2 heterocycles. The molecule has 1 amide bonds. The van der Waals surface area contributed by atoms with E-state index in [9.17, 15) is 4.79 Å². The molecule has 0 bridgehead atoms. The highest BCUT2D eigenvalue weighted by Crippen LogP contribution is 2.46. The van der Waals surface area contributed by atoms with Crippen molar-refractivity contribution in [1.82, 2.24) is 10.2 Å². The number of hydrogen-bond acceptors (Lipinski definition) is 2. The Labute approximate surface area is 92.2 Å². The molecule has 86 valence electrons. The Morgan fingerprint density at radius 3 is 2.53 bits per heavy atom. The van der Waals surface area contributed by atoms with Crippen LogP contribution in [0, 0.1) is 11.3 Å². The van der Waals surface area contributed by atoms with Crippen LogP contribution in [0.15, 0.2) is 0 Å². The Hall–Kier alpha value is -0.570. The minimum absolute atomic E-state index is 0.000139. The minimum Gasteiger partial charge on any atom is -0.338 e.